The number of hydrogen-bond donors (Lipinski definition) is 2. The molecule has 0 bridgehead atoms. The summed E-state index contributed by atoms with van der Waals surface area (Å²) in [6.45, 7) is 0. The molecule has 0 saturated heterocycles. The van der Waals surface area contributed by atoms with Crippen molar-refractivity contribution in [3.8, 4) is 11.3 Å². The number of benzene rings is 2. The Hall–Kier alpha value is -2.83. The van der Waals surface area contributed by atoms with Gasteiger partial charge in [-0.25, -0.2) is 4.39 Å². The zero-order chi connectivity index (χ0) is 17.5. The van der Waals surface area contributed by atoms with E-state index in [1.54, 1.807) is 6.07 Å². The van der Waals surface area contributed by atoms with E-state index in [4.69, 9.17) is 5.11 Å². The van der Waals surface area contributed by atoms with Crippen molar-refractivity contribution in [2.75, 3.05) is 0 Å². The Labute approximate surface area is 133 Å². The van der Waals surface area contributed by atoms with Crippen LogP contribution in [0.3, 0.4) is 0 Å². The topological polar surface area (TPSA) is 53.1 Å². The van der Waals surface area contributed by atoms with E-state index in [0.717, 1.165) is 12.1 Å². The van der Waals surface area contributed by atoms with Crippen LogP contribution >= 0.6 is 0 Å². The van der Waals surface area contributed by atoms with Crippen LogP contribution in [0.4, 0.5) is 17.6 Å². The first-order chi connectivity index (χ1) is 11.3. The van der Waals surface area contributed by atoms with Crippen molar-refractivity contribution < 1.29 is 27.5 Å². The van der Waals surface area contributed by atoms with E-state index in [-0.39, 0.29) is 11.9 Å². The van der Waals surface area contributed by atoms with Gasteiger partial charge in [-0.1, -0.05) is 24.3 Å². The molecule has 3 rings (SSSR count). The Kier molecular flexibility index (Phi) is 3.79. The van der Waals surface area contributed by atoms with E-state index in [2.05, 4.69) is 4.98 Å². The van der Waals surface area contributed by atoms with Gasteiger partial charge in [0.25, 0.3) is 0 Å². The molecule has 0 spiro atoms. The fourth-order valence-corrected chi connectivity index (χ4v) is 2.64. The maximum atomic E-state index is 13.9. The molecular formula is C17H11F4NO2. The third-order valence-electron chi connectivity index (χ3n) is 3.72. The van der Waals surface area contributed by atoms with Gasteiger partial charge in [-0.2, -0.15) is 13.2 Å². The number of aromatic nitrogens is 1. The van der Waals surface area contributed by atoms with Gasteiger partial charge in [0.1, 0.15) is 5.82 Å². The predicted octanol–water partition coefficient (Wildman–Crippen LogP) is 4.62. The monoisotopic (exact) mass is 337 g/mol. The van der Waals surface area contributed by atoms with Crippen LogP contribution in [0.1, 0.15) is 11.1 Å². The minimum absolute atomic E-state index is 0.128. The lowest BCUT2D eigenvalue weighted by Crippen LogP contribution is -2.04. The highest BCUT2D eigenvalue weighted by atomic mass is 19.4. The molecule has 1 aromatic heterocycles. The molecule has 0 aliphatic rings. The summed E-state index contributed by atoms with van der Waals surface area (Å²) in [6.07, 6.45) is -4.84. The number of alkyl halides is 3. The fraction of sp³-hybridized carbons (Fsp3) is 0.118. The molecular weight excluding hydrogens is 326 g/mol. The molecule has 0 unspecified atom stereocenters. The first kappa shape index (κ1) is 16.0. The molecule has 0 atom stereocenters. The lowest BCUT2D eigenvalue weighted by Gasteiger charge is -2.08. The molecule has 7 heteroatoms. The number of nitrogens with one attached hydrogen (secondary N) is 1. The van der Waals surface area contributed by atoms with Crippen molar-refractivity contribution >= 4 is 16.9 Å². The molecule has 3 nitrogen and oxygen atoms in total. The molecule has 1 heterocycles. The van der Waals surface area contributed by atoms with Gasteiger partial charge in [0, 0.05) is 5.39 Å². The summed E-state index contributed by atoms with van der Waals surface area (Å²) < 4.78 is 51.9. The number of H-pyrrole nitrogens is 1. The van der Waals surface area contributed by atoms with Crippen LogP contribution in [-0.2, 0) is 17.4 Å². The first-order valence-corrected chi connectivity index (χ1v) is 6.96. The lowest BCUT2D eigenvalue weighted by atomic mass is 10.0. The maximum Gasteiger partial charge on any atom is 0.416 e. The van der Waals surface area contributed by atoms with E-state index in [1.807, 2.05) is 0 Å². The zero-order valence-corrected chi connectivity index (χ0v) is 12.1. The van der Waals surface area contributed by atoms with Crippen molar-refractivity contribution in [1.29, 1.82) is 0 Å². The van der Waals surface area contributed by atoms with Crippen LogP contribution in [-0.4, -0.2) is 16.1 Å². The van der Waals surface area contributed by atoms with Gasteiger partial charge in [-0.3, -0.25) is 4.79 Å². The first-order valence-electron chi connectivity index (χ1n) is 6.96. The molecule has 2 N–H and O–H groups in total. The lowest BCUT2D eigenvalue weighted by molar-refractivity contribution is -0.138. The van der Waals surface area contributed by atoms with E-state index < -0.39 is 23.5 Å². The number of carboxylic acids is 1. The standard InChI is InChI=1S/C17H11F4NO2/c18-13-3-1-2-11-12(8-14(23)24)15(22-16(11)13)9-4-6-10(7-5-9)17(19,20)21/h1-7,22H,8H2,(H,23,24). The molecule has 0 saturated carbocycles. The summed E-state index contributed by atoms with van der Waals surface area (Å²) in [5, 5.41) is 9.48. The highest BCUT2D eigenvalue weighted by Crippen LogP contribution is 2.34. The van der Waals surface area contributed by atoms with E-state index in [0.29, 0.717) is 22.2 Å². The predicted molar refractivity (Wildman–Crippen MR) is 80.0 cm³/mol. The highest BCUT2D eigenvalue weighted by Gasteiger charge is 2.30. The van der Waals surface area contributed by atoms with Crippen LogP contribution in [0.2, 0.25) is 0 Å². The largest absolute Gasteiger partial charge is 0.481 e. The number of para-hydroxylation sites is 1. The molecule has 0 amide bonds. The number of hydrogen-bond acceptors (Lipinski definition) is 1. The number of carbonyl (C=O) groups is 1. The van der Waals surface area contributed by atoms with Crippen LogP contribution in [0.15, 0.2) is 42.5 Å². The Morgan fingerprint density at radius 2 is 1.75 bits per heavy atom. The fourth-order valence-electron chi connectivity index (χ4n) is 2.64. The van der Waals surface area contributed by atoms with Crippen LogP contribution in [0.25, 0.3) is 22.2 Å². The van der Waals surface area contributed by atoms with Gasteiger partial charge in [0.05, 0.1) is 23.2 Å². The molecule has 0 aliphatic carbocycles. The number of halogens is 4. The average Bonchev–Trinajstić information content (AvgIpc) is 2.86. The summed E-state index contributed by atoms with van der Waals surface area (Å²) in [4.78, 5) is 13.9. The van der Waals surface area contributed by atoms with Crippen LogP contribution in [0, 0.1) is 5.82 Å². The molecule has 0 aliphatic heterocycles. The molecule has 24 heavy (non-hydrogen) atoms. The van der Waals surface area contributed by atoms with E-state index in [9.17, 15) is 22.4 Å². The maximum absolute atomic E-state index is 13.9. The minimum atomic E-state index is -4.46. The average molecular weight is 337 g/mol. The van der Waals surface area contributed by atoms with Crippen molar-refractivity contribution in [3.63, 3.8) is 0 Å². The summed E-state index contributed by atoms with van der Waals surface area (Å²) in [5.41, 5.74) is 0.301. The molecule has 0 fully saturated rings. The van der Waals surface area contributed by atoms with Crippen molar-refractivity contribution in [2.24, 2.45) is 0 Å². The zero-order valence-electron chi connectivity index (χ0n) is 12.1. The normalized spacial score (nSPS) is 11.8. The third kappa shape index (κ3) is 2.84. The highest BCUT2D eigenvalue weighted by molar-refractivity contribution is 5.94. The Morgan fingerprint density at radius 1 is 1.08 bits per heavy atom. The smallest absolute Gasteiger partial charge is 0.416 e. The minimum Gasteiger partial charge on any atom is -0.481 e. The van der Waals surface area contributed by atoms with E-state index >= 15 is 0 Å². The number of fused-ring (bicyclic) bond motifs is 1. The van der Waals surface area contributed by atoms with Gasteiger partial charge in [0.15, 0.2) is 0 Å². The van der Waals surface area contributed by atoms with Crippen LogP contribution in [0.5, 0.6) is 0 Å². The Bertz CT molecular complexity index is 911. The van der Waals surface area contributed by atoms with Gasteiger partial charge in [-0.15, -0.1) is 0 Å². The molecule has 124 valence electrons. The van der Waals surface area contributed by atoms with E-state index in [1.165, 1.54) is 24.3 Å². The second-order valence-corrected chi connectivity index (χ2v) is 5.29. The van der Waals surface area contributed by atoms with Crippen molar-refractivity contribution in [3.05, 3.63) is 59.4 Å². The summed E-state index contributed by atoms with van der Waals surface area (Å²) in [7, 11) is 0. The summed E-state index contributed by atoms with van der Waals surface area (Å²) in [5.74, 6) is -1.68. The summed E-state index contributed by atoms with van der Waals surface area (Å²) >= 11 is 0. The third-order valence-corrected chi connectivity index (χ3v) is 3.72. The van der Waals surface area contributed by atoms with Crippen molar-refractivity contribution in [2.45, 2.75) is 12.6 Å². The molecule has 3 aromatic rings. The SMILES string of the molecule is O=C(O)Cc1c(-c2ccc(C(F)(F)F)cc2)[nH]c2c(F)cccc12. The Balaban J connectivity index is 2.18. The van der Waals surface area contributed by atoms with Gasteiger partial charge in [-0.05, 0) is 29.3 Å². The molecule has 0 radical (unpaired) electrons. The van der Waals surface area contributed by atoms with Gasteiger partial charge < -0.3 is 10.1 Å². The number of carboxylic acid groups (broad SMARTS) is 1. The molecule has 2 aromatic carbocycles. The van der Waals surface area contributed by atoms with Crippen molar-refractivity contribution in [1.82, 2.24) is 4.98 Å². The second-order valence-electron chi connectivity index (χ2n) is 5.29. The van der Waals surface area contributed by atoms with Gasteiger partial charge >= 0.3 is 12.1 Å². The number of aromatic amines is 1. The van der Waals surface area contributed by atoms with Crippen LogP contribution < -0.4 is 0 Å². The Morgan fingerprint density at radius 3 is 2.33 bits per heavy atom. The summed E-state index contributed by atoms with van der Waals surface area (Å²) in [6, 6.07) is 8.52. The van der Waals surface area contributed by atoms with Gasteiger partial charge in [0.2, 0.25) is 0 Å². The number of rotatable bonds is 3. The quantitative estimate of drug-likeness (QED) is 0.685. The second kappa shape index (κ2) is 5.67. The number of aliphatic carboxylic acids is 1.